The minimum atomic E-state index is 0.789. The summed E-state index contributed by atoms with van der Waals surface area (Å²) in [5.41, 5.74) is 10.2. The maximum Gasteiger partial charge on any atom is 0.153 e. The number of para-hydroxylation sites is 3. The van der Waals surface area contributed by atoms with Crippen LogP contribution < -0.4 is 14.5 Å². The van der Waals surface area contributed by atoms with E-state index < -0.39 is 0 Å². The van der Waals surface area contributed by atoms with Crippen LogP contribution in [0.25, 0.3) is 53.2 Å². The summed E-state index contributed by atoms with van der Waals surface area (Å²) in [5, 5.41) is 4.75. The Morgan fingerprint density at radius 2 is 1.11 bits per heavy atom. The quantitative estimate of drug-likeness (QED) is 0.179. The van der Waals surface area contributed by atoms with E-state index in [0.717, 1.165) is 73.1 Å². The normalized spacial score (nSPS) is 12.3. The van der Waals surface area contributed by atoms with Gasteiger partial charge in [-0.3, -0.25) is 0 Å². The van der Waals surface area contributed by atoms with Crippen LogP contribution in [0.1, 0.15) is 0 Å². The molecule has 0 atom stereocenters. The van der Waals surface area contributed by atoms with Gasteiger partial charge in [0.25, 0.3) is 0 Å². The van der Waals surface area contributed by atoms with Gasteiger partial charge in [-0.1, -0.05) is 97.1 Å². The summed E-state index contributed by atoms with van der Waals surface area (Å²) in [4.78, 5) is 4.64. The molecular weight excluding hydrogens is 669 g/mol. The molecule has 8 aromatic carbocycles. The summed E-state index contributed by atoms with van der Waals surface area (Å²) in [5.74, 6) is 1.61. The Kier molecular flexibility index (Phi) is 6.69. The van der Waals surface area contributed by atoms with E-state index in [9.17, 15) is 0 Å². The topological polar surface area (TPSA) is 28.9 Å². The van der Waals surface area contributed by atoms with Crippen molar-refractivity contribution in [3.63, 3.8) is 0 Å². The van der Waals surface area contributed by atoms with Gasteiger partial charge in [0.05, 0.1) is 11.4 Å². The highest BCUT2D eigenvalue weighted by atomic mass is 32.1. The Labute approximate surface area is 310 Å². The van der Waals surface area contributed by atoms with Gasteiger partial charge in [0.15, 0.2) is 11.5 Å². The lowest BCUT2D eigenvalue weighted by Crippen LogP contribution is -2.17. The molecule has 2 aromatic heterocycles. The fraction of sp³-hybridized carbons (Fsp3) is 0. The first-order valence-corrected chi connectivity index (χ1v) is 18.6. The number of thiophene rings is 1. The third-order valence-electron chi connectivity index (χ3n) is 10.2. The zero-order valence-corrected chi connectivity index (χ0v) is 29.3. The molecule has 0 unspecified atom stereocenters. The molecule has 1 aliphatic heterocycles. The van der Waals surface area contributed by atoms with E-state index in [1.807, 2.05) is 29.5 Å². The lowest BCUT2D eigenvalue weighted by molar-refractivity contribution is 0.477. The minimum absolute atomic E-state index is 0.789. The van der Waals surface area contributed by atoms with Crippen LogP contribution in [-0.4, -0.2) is 0 Å². The third kappa shape index (κ3) is 4.90. The van der Waals surface area contributed by atoms with Crippen LogP contribution in [0, 0.1) is 0 Å². The summed E-state index contributed by atoms with van der Waals surface area (Å²) in [6, 6.07) is 64.2. The molecule has 5 heteroatoms. The molecule has 10 aromatic rings. The molecule has 0 amide bonds. The number of anilines is 6. The predicted molar refractivity (Wildman–Crippen MR) is 221 cm³/mol. The van der Waals surface area contributed by atoms with Gasteiger partial charge in [0.2, 0.25) is 0 Å². The second kappa shape index (κ2) is 11.9. The zero-order valence-electron chi connectivity index (χ0n) is 28.4. The van der Waals surface area contributed by atoms with Gasteiger partial charge in [-0.15, -0.1) is 11.3 Å². The average Bonchev–Trinajstić information content (AvgIpc) is 3.78. The first kappa shape index (κ1) is 29.9. The van der Waals surface area contributed by atoms with Crippen molar-refractivity contribution in [3.8, 4) is 22.6 Å². The fourth-order valence-corrected chi connectivity index (χ4v) is 8.91. The summed E-state index contributed by atoms with van der Waals surface area (Å²) < 4.78 is 15.6. The number of rotatable bonds is 5. The summed E-state index contributed by atoms with van der Waals surface area (Å²) in [6.07, 6.45) is 0. The minimum Gasteiger partial charge on any atom is -0.456 e. The van der Waals surface area contributed by atoms with E-state index >= 15 is 0 Å². The number of benzene rings is 8. The highest BCUT2D eigenvalue weighted by molar-refractivity contribution is 7.25. The van der Waals surface area contributed by atoms with E-state index in [-0.39, 0.29) is 0 Å². The Bertz CT molecular complexity index is 3020. The molecule has 11 rings (SSSR count). The third-order valence-corrected chi connectivity index (χ3v) is 11.4. The number of ether oxygens (including phenoxy) is 1. The number of fused-ring (bicyclic) bond motifs is 8. The highest BCUT2D eigenvalue weighted by Crippen LogP contribution is 2.53. The Hall–Kier alpha value is -6.82. The van der Waals surface area contributed by atoms with Crippen molar-refractivity contribution in [2.75, 3.05) is 9.80 Å². The van der Waals surface area contributed by atoms with Gasteiger partial charge < -0.3 is 19.0 Å². The van der Waals surface area contributed by atoms with Crippen molar-refractivity contribution < 1.29 is 9.15 Å². The summed E-state index contributed by atoms with van der Waals surface area (Å²) >= 11 is 1.83. The number of nitrogens with zero attached hydrogens (tertiary/aromatic N) is 2. The highest BCUT2D eigenvalue weighted by Gasteiger charge is 2.28. The molecule has 3 heterocycles. The van der Waals surface area contributed by atoms with E-state index in [1.54, 1.807) is 0 Å². The largest absolute Gasteiger partial charge is 0.456 e. The Morgan fingerprint density at radius 3 is 2.06 bits per heavy atom. The van der Waals surface area contributed by atoms with Crippen molar-refractivity contribution in [2.45, 2.75) is 0 Å². The SMILES string of the molecule is c1ccc(-c2cccc(N(c3ccc4c(c3)Oc3ccccc3N4c3ccc4c(c3)sc3ccccc34)c3ccc4oc5ccccc5c4c3)c2)cc1. The predicted octanol–water partition coefficient (Wildman–Crippen LogP) is 14.7. The van der Waals surface area contributed by atoms with E-state index in [2.05, 4.69) is 174 Å². The molecule has 0 saturated carbocycles. The van der Waals surface area contributed by atoms with Gasteiger partial charge in [0, 0.05) is 59.8 Å². The molecule has 0 aliphatic carbocycles. The van der Waals surface area contributed by atoms with Crippen LogP contribution >= 0.6 is 11.3 Å². The Balaban J connectivity index is 1.09. The lowest BCUT2D eigenvalue weighted by atomic mass is 10.0. The Morgan fingerprint density at radius 1 is 0.415 bits per heavy atom. The molecule has 53 heavy (non-hydrogen) atoms. The van der Waals surface area contributed by atoms with Crippen LogP contribution in [0.4, 0.5) is 34.1 Å². The average molecular weight is 699 g/mol. The smallest absolute Gasteiger partial charge is 0.153 e. The summed E-state index contributed by atoms with van der Waals surface area (Å²) in [6.45, 7) is 0. The van der Waals surface area contributed by atoms with Gasteiger partial charge in [-0.2, -0.15) is 0 Å². The first-order valence-electron chi connectivity index (χ1n) is 17.7. The summed E-state index contributed by atoms with van der Waals surface area (Å²) in [7, 11) is 0. The molecule has 4 nitrogen and oxygen atoms in total. The van der Waals surface area contributed by atoms with Gasteiger partial charge >= 0.3 is 0 Å². The molecule has 1 aliphatic rings. The van der Waals surface area contributed by atoms with Gasteiger partial charge in [0.1, 0.15) is 11.2 Å². The first-order chi connectivity index (χ1) is 26.2. The van der Waals surface area contributed by atoms with E-state index in [4.69, 9.17) is 9.15 Å². The molecule has 0 N–H and O–H groups in total. The zero-order chi connectivity index (χ0) is 34.9. The maximum atomic E-state index is 6.76. The van der Waals surface area contributed by atoms with Crippen molar-refractivity contribution in [1.82, 2.24) is 0 Å². The molecule has 0 bridgehead atoms. The van der Waals surface area contributed by atoms with Crippen LogP contribution in [0.3, 0.4) is 0 Å². The van der Waals surface area contributed by atoms with E-state index in [0.29, 0.717) is 0 Å². The van der Waals surface area contributed by atoms with Crippen LogP contribution in [0.2, 0.25) is 0 Å². The molecule has 0 fully saturated rings. The number of furan rings is 1. The second-order valence-corrected chi connectivity index (χ2v) is 14.5. The van der Waals surface area contributed by atoms with Crippen molar-refractivity contribution in [1.29, 1.82) is 0 Å². The van der Waals surface area contributed by atoms with Gasteiger partial charge in [-0.05, 0) is 90.0 Å². The molecule has 250 valence electrons. The van der Waals surface area contributed by atoms with Crippen molar-refractivity contribution in [2.24, 2.45) is 0 Å². The molecular formula is C48H30N2O2S. The maximum absolute atomic E-state index is 6.76. The van der Waals surface area contributed by atoms with Crippen molar-refractivity contribution in [3.05, 3.63) is 182 Å². The van der Waals surface area contributed by atoms with Crippen LogP contribution in [0.15, 0.2) is 186 Å². The number of hydrogen-bond donors (Lipinski definition) is 0. The van der Waals surface area contributed by atoms with Crippen molar-refractivity contribution >= 4 is 87.6 Å². The standard InChI is InChI=1S/C48H30N2O2S/c1-2-11-31(12-3-1)32-13-10-14-33(27-32)49(34-23-26-44-40(28-34)37-15-4-7-18-43(37)51-44)35-22-25-42-46(29-35)52-45-19-8-6-17-41(45)50(42)36-21-24-39-38-16-5-9-20-47(38)53-48(39)30-36/h1-30H. The van der Waals surface area contributed by atoms with E-state index in [1.165, 1.54) is 25.7 Å². The fourth-order valence-electron chi connectivity index (χ4n) is 7.77. The van der Waals surface area contributed by atoms with Crippen LogP contribution in [-0.2, 0) is 0 Å². The molecule has 0 spiro atoms. The van der Waals surface area contributed by atoms with Gasteiger partial charge in [-0.25, -0.2) is 0 Å². The monoisotopic (exact) mass is 698 g/mol. The molecule has 0 saturated heterocycles. The molecule has 0 radical (unpaired) electrons. The second-order valence-electron chi connectivity index (χ2n) is 13.4. The lowest BCUT2D eigenvalue weighted by Gasteiger charge is -2.34. The van der Waals surface area contributed by atoms with Crippen LogP contribution in [0.5, 0.6) is 11.5 Å². The number of hydrogen-bond acceptors (Lipinski definition) is 5.